The number of rotatable bonds is 9. The van der Waals surface area contributed by atoms with E-state index in [1.54, 1.807) is 19.3 Å². The molecule has 9 heteroatoms. The third-order valence-electron chi connectivity index (χ3n) is 6.91. The Balaban J connectivity index is 1.39. The second-order valence-electron chi connectivity index (χ2n) is 9.05. The molecule has 1 fully saturated rings. The first kappa shape index (κ1) is 24.0. The lowest BCUT2D eigenvalue weighted by molar-refractivity contribution is -0.142. The van der Waals surface area contributed by atoms with Crippen LogP contribution in [0.5, 0.6) is 0 Å². The van der Waals surface area contributed by atoms with E-state index in [1.165, 1.54) is 12.1 Å². The molecule has 36 heavy (non-hydrogen) atoms. The van der Waals surface area contributed by atoms with Crippen LogP contribution in [0.3, 0.4) is 0 Å². The van der Waals surface area contributed by atoms with Crippen LogP contribution in [0.4, 0.5) is 5.69 Å². The zero-order chi connectivity index (χ0) is 25.1. The number of hydrogen-bond donors (Lipinski definition) is 0. The Morgan fingerprint density at radius 3 is 2.75 bits per heavy atom. The molecule has 4 aromatic rings. The summed E-state index contributed by atoms with van der Waals surface area (Å²) in [6, 6.07) is 9.01. The molecule has 1 aromatic carbocycles. The van der Waals surface area contributed by atoms with Gasteiger partial charge in [0.15, 0.2) is 11.6 Å². The van der Waals surface area contributed by atoms with E-state index in [9.17, 15) is 4.79 Å². The minimum Gasteiger partial charge on any atom is -0.466 e. The number of fused-ring (bicyclic) bond motifs is 1. The molecule has 0 saturated carbocycles. The summed E-state index contributed by atoms with van der Waals surface area (Å²) < 4.78 is 8.76. The highest BCUT2D eigenvalue weighted by Gasteiger charge is 2.26. The maximum absolute atomic E-state index is 11.8. The molecule has 9 nitrogen and oxygen atoms in total. The number of carbonyl (C=O) groups excluding carboxylic acids is 1. The Morgan fingerprint density at radius 1 is 1.11 bits per heavy atom. The van der Waals surface area contributed by atoms with Crippen molar-refractivity contribution in [1.82, 2.24) is 29.2 Å². The molecule has 1 atom stereocenters. The van der Waals surface area contributed by atoms with Crippen LogP contribution in [0, 0.1) is 0 Å². The average Bonchev–Trinajstić information content (AvgIpc) is 3.65. The highest BCUT2D eigenvalue weighted by molar-refractivity contribution is 5.84. The first-order valence-electron chi connectivity index (χ1n) is 12.7. The van der Waals surface area contributed by atoms with E-state index in [1.807, 2.05) is 33.9 Å². The quantitative estimate of drug-likeness (QED) is 0.334. The van der Waals surface area contributed by atoms with Gasteiger partial charge in [-0.1, -0.05) is 13.8 Å². The van der Waals surface area contributed by atoms with Crippen molar-refractivity contribution < 1.29 is 9.53 Å². The molecule has 4 heterocycles. The number of carbonyl (C=O) groups is 1. The predicted molar refractivity (Wildman–Crippen MR) is 140 cm³/mol. The summed E-state index contributed by atoms with van der Waals surface area (Å²) in [5.74, 6) is 1.06. The summed E-state index contributed by atoms with van der Waals surface area (Å²) in [6.07, 6.45) is 10.5. The van der Waals surface area contributed by atoms with Crippen LogP contribution in [0.1, 0.15) is 32.8 Å². The van der Waals surface area contributed by atoms with Crippen molar-refractivity contribution in [3.63, 3.8) is 0 Å². The first-order chi connectivity index (χ1) is 17.6. The third kappa shape index (κ3) is 4.83. The fraction of sp³-hybridized carbons (Fsp3) is 0.407. The van der Waals surface area contributed by atoms with Gasteiger partial charge in [0.05, 0.1) is 37.1 Å². The Morgan fingerprint density at radius 2 is 1.94 bits per heavy atom. The van der Waals surface area contributed by atoms with E-state index in [-0.39, 0.29) is 12.4 Å². The number of anilines is 1. The number of hydrogen-bond acceptors (Lipinski definition) is 7. The summed E-state index contributed by atoms with van der Waals surface area (Å²) in [7, 11) is 0. The van der Waals surface area contributed by atoms with Crippen LogP contribution in [0.25, 0.3) is 22.5 Å². The zero-order valence-corrected chi connectivity index (χ0v) is 21.2. The molecule has 0 bridgehead atoms. The van der Waals surface area contributed by atoms with Gasteiger partial charge < -0.3 is 14.2 Å². The molecule has 3 aromatic heterocycles. The zero-order valence-electron chi connectivity index (χ0n) is 21.2. The Bertz CT molecular complexity index is 1340. The fourth-order valence-electron chi connectivity index (χ4n) is 5.04. The molecule has 1 aliphatic heterocycles. The first-order valence-corrected chi connectivity index (χ1v) is 12.7. The standard InChI is InChI=1S/C27H33N7O2/c1-4-31(5-2)23-10-12-32(19-23)22-8-7-21-15-29-34(24(21)14-22)26-17-28-16-25(30-26)33-11-9-20(18-33)13-27(35)36-6-3/h7-9,11,14-18,23H,4-6,10,12-13,19H2,1-3H3. The van der Waals surface area contributed by atoms with Crippen molar-refractivity contribution in [3.05, 3.63) is 60.8 Å². The molecule has 1 unspecified atom stereocenters. The summed E-state index contributed by atoms with van der Waals surface area (Å²) in [5.41, 5.74) is 3.07. The van der Waals surface area contributed by atoms with E-state index in [2.05, 4.69) is 51.9 Å². The van der Waals surface area contributed by atoms with E-state index in [0.29, 0.717) is 24.3 Å². The highest BCUT2D eigenvalue weighted by Crippen LogP contribution is 2.28. The predicted octanol–water partition coefficient (Wildman–Crippen LogP) is 3.63. The summed E-state index contributed by atoms with van der Waals surface area (Å²) in [4.78, 5) is 26.1. The molecule has 0 aliphatic carbocycles. The fourth-order valence-corrected chi connectivity index (χ4v) is 5.04. The van der Waals surface area contributed by atoms with Gasteiger partial charge in [-0.05, 0) is 56.3 Å². The topological polar surface area (TPSA) is 81.3 Å². The van der Waals surface area contributed by atoms with E-state index >= 15 is 0 Å². The molecule has 0 radical (unpaired) electrons. The number of esters is 1. The van der Waals surface area contributed by atoms with Crippen molar-refractivity contribution in [3.8, 4) is 11.6 Å². The van der Waals surface area contributed by atoms with Crippen LogP contribution in [0.2, 0.25) is 0 Å². The normalized spacial score (nSPS) is 15.8. The molecule has 1 saturated heterocycles. The maximum atomic E-state index is 11.8. The second-order valence-corrected chi connectivity index (χ2v) is 9.05. The molecule has 188 valence electrons. The smallest absolute Gasteiger partial charge is 0.310 e. The van der Waals surface area contributed by atoms with Gasteiger partial charge in [-0.2, -0.15) is 5.10 Å². The number of ether oxygens (including phenoxy) is 1. The van der Waals surface area contributed by atoms with Crippen molar-refractivity contribution in [1.29, 1.82) is 0 Å². The Kier molecular flexibility index (Phi) is 6.99. The molecule has 1 aliphatic rings. The van der Waals surface area contributed by atoms with Crippen molar-refractivity contribution in [2.24, 2.45) is 0 Å². The van der Waals surface area contributed by atoms with Gasteiger partial charge in [0, 0.05) is 42.6 Å². The highest BCUT2D eigenvalue weighted by atomic mass is 16.5. The lowest BCUT2D eigenvalue weighted by Gasteiger charge is -2.26. The van der Waals surface area contributed by atoms with Crippen molar-refractivity contribution in [2.75, 3.05) is 37.7 Å². The average molecular weight is 488 g/mol. The summed E-state index contributed by atoms with van der Waals surface area (Å²) in [6.45, 7) is 10.9. The van der Waals surface area contributed by atoms with Gasteiger partial charge in [0.1, 0.15) is 0 Å². The van der Waals surface area contributed by atoms with Gasteiger partial charge >= 0.3 is 5.97 Å². The van der Waals surface area contributed by atoms with Crippen LogP contribution in [-0.2, 0) is 16.0 Å². The van der Waals surface area contributed by atoms with E-state index in [0.717, 1.165) is 42.6 Å². The summed E-state index contributed by atoms with van der Waals surface area (Å²) >= 11 is 0. The van der Waals surface area contributed by atoms with Gasteiger partial charge in [-0.25, -0.2) is 9.67 Å². The Labute approximate surface area is 211 Å². The van der Waals surface area contributed by atoms with Crippen LogP contribution in [0.15, 0.2) is 55.2 Å². The third-order valence-corrected chi connectivity index (χ3v) is 6.91. The monoisotopic (exact) mass is 487 g/mol. The van der Waals surface area contributed by atoms with Gasteiger partial charge in [0.2, 0.25) is 0 Å². The molecular weight excluding hydrogens is 454 g/mol. The molecule has 0 amide bonds. The number of aromatic nitrogens is 5. The second kappa shape index (κ2) is 10.5. The van der Waals surface area contributed by atoms with E-state index < -0.39 is 0 Å². The molecular formula is C27H33N7O2. The molecule has 0 spiro atoms. The molecule has 0 N–H and O–H groups in total. The van der Waals surface area contributed by atoms with Crippen LogP contribution in [-0.4, -0.2) is 74.0 Å². The van der Waals surface area contributed by atoms with Crippen LogP contribution < -0.4 is 4.90 Å². The minimum atomic E-state index is -0.240. The van der Waals surface area contributed by atoms with Gasteiger partial charge in [-0.3, -0.25) is 14.7 Å². The minimum absolute atomic E-state index is 0.228. The van der Waals surface area contributed by atoms with Crippen LogP contribution >= 0.6 is 0 Å². The van der Waals surface area contributed by atoms with Crippen molar-refractivity contribution in [2.45, 2.75) is 39.7 Å². The maximum Gasteiger partial charge on any atom is 0.310 e. The number of likely N-dealkylation sites (N-methyl/N-ethyl adjacent to an activating group) is 1. The Hall–Kier alpha value is -3.72. The number of nitrogens with zero attached hydrogens (tertiary/aromatic N) is 7. The van der Waals surface area contributed by atoms with E-state index in [4.69, 9.17) is 9.72 Å². The van der Waals surface area contributed by atoms with Gasteiger partial charge in [-0.15, -0.1) is 0 Å². The largest absolute Gasteiger partial charge is 0.466 e. The lowest BCUT2D eigenvalue weighted by Crippen LogP contribution is -2.37. The number of benzene rings is 1. The van der Waals surface area contributed by atoms with Crippen molar-refractivity contribution >= 4 is 22.6 Å². The van der Waals surface area contributed by atoms with Gasteiger partial charge in [0.25, 0.3) is 0 Å². The lowest BCUT2D eigenvalue weighted by atomic mass is 10.2. The SMILES string of the molecule is CCOC(=O)Cc1ccn(-c2cncc(-n3ncc4ccc(N5CCC(N(CC)CC)C5)cc43)n2)c1. The molecule has 5 rings (SSSR count). The summed E-state index contributed by atoms with van der Waals surface area (Å²) in [5, 5.41) is 5.68.